The molecule has 1 rings (SSSR count). The second kappa shape index (κ2) is 6.01. The number of hydrogen-bond donors (Lipinski definition) is 1. The molecular formula is C12H17BrN2O. The lowest BCUT2D eigenvalue weighted by Gasteiger charge is -2.12. The van der Waals surface area contributed by atoms with E-state index in [9.17, 15) is 0 Å². The van der Waals surface area contributed by atoms with Crippen LogP contribution in [0.3, 0.4) is 0 Å². The van der Waals surface area contributed by atoms with Crippen LogP contribution in [-0.2, 0) is 6.54 Å². The number of hydrogen-bond acceptors (Lipinski definition) is 3. The maximum Gasteiger partial charge on any atom is 0.128 e. The maximum absolute atomic E-state index is 5.35. The SMILES string of the molecule is C=C(Br)CNCc1ncc(C)c(OC)c1C. The number of rotatable bonds is 5. The molecule has 0 aliphatic heterocycles. The number of methoxy groups -OCH3 is 1. The van der Waals surface area contributed by atoms with Crippen LogP contribution in [0.2, 0.25) is 0 Å². The van der Waals surface area contributed by atoms with Crippen molar-refractivity contribution in [2.45, 2.75) is 20.4 Å². The van der Waals surface area contributed by atoms with Crippen LogP contribution in [0, 0.1) is 13.8 Å². The van der Waals surface area contributed by atoms with Gasteiger partial charge in [0, 0.05) is 34.9 Å². The van der Waals surface area contributed by atoms with Crippen molar-refractivity contribution in [2.75, 3.05) is 13.7 Å². The van der Waals surface area contributed by atoms with Gasteiger partial charge < -0.3 is 10.1 Å². The molecule has 0 saturated heterocycles. The Labute approximate surface area is 105 Å². The highest BCUT2D eigenvalue weighted by atomic mass is 79.9. The summed E-state index contributed by atoms with van der Waals surface area (Å²) in [6, 6.07) is 0. The standard InChI is InChI=1S/C12H17BrN2O/c1-8-5-15-11(7-14-6-9(2)13)10(3)12(8)16-4/h5,14H,2,6-7H2,1,3-4H3. The third-order valence-corrected chi connectivity index (χ3v) is 2.64. The average molecular weight is 285 g/mol. The number of nitrogens with zero attached hydrogens (tertiary/aromatic N) is 1. The molecule has 0 spiro atoms. The second-order valence-corrected chi connectivity index (χ2v) is 4.79. The van der Waals surface area contributed by atoms with Gasteiger partial charge in [-0.1, -0.05) is 22.5 Å². The lowest BCUT2D eigenvalue weighted by atomic mass is 10.1. The van der Waals surface area contributed by atoms with Crippen LogP contribution in [0.4, 0.5) is 0 Å². The monoisotopic (exact) mass is 284 g/mol. The molecular weight excluding hydrogens is 268 g/mol. The molecule has 0 saturated carbocycles. The molecule has 0 fully saturated rings. The van der Waals surface area contributed by atoms with Crippen molar-refractivity contribution in [2.24, 2.45) is 0 Å². The van der Waals surface area contributed by atoms with Gasteiger partial charge in [-0.2, -0.15) is 0 Å². The van der Waals surface area contributed by atoms with Crippen LogP contribution in [-0.4, -0.2) is 18.6 Å². The first-order valence-electron chi connectivity index (χ1n) is 5.09. The van der Waals surface area contributed by atoms with Crippen LogP contribution in [0.1, 0.15) is 16.8 Å². The summed E-state index contributed by atoms with van der Waals surface area (Å²) in [5, 5.41) is 3.25. The number of aromatic nitrogens is 1. The number of nitrogens with one attached hydrogen (secondary N) is 1. The van der Waals surface area contributed by atoms with E-state index < -0.39 is 0 Å². The maximum atomic E-state index is 5.35. The van der Waals surface area contributed by atoms with Crippen molar-refractivity contribution in [1.82, 2.24) is 10.3 Å². The molecule has 0 atom stereocenters. The fraction of sp³-hybridized carbons (Fsp3) is 0.417. The smallest absolute Gasteiger partial charge is 0.128 e. The molecule has 0 aliphatic rings. The van der Waals surface area contributed by atoms with Gasteiger partial charge in [-0.3, -0.25) is 4.98 Å². The predicted octanol–water partition coefficient (Wildman–Crippen LogP) is 2.71. The van der Waals surface area contributed by atoms with E-state index in [1.807, 2.05) is 20.0 Å². The zero-order chi connectivity index (χ0) is 12.1. The van der Waals surface area contributed by atoms with Crippen LogP contribution in [0.25, 0.3) is 0 Å². The predicted molar refractivity (Wildman–Crippen MR) is 70.0 cm³/mol. The molecule has 16 heavy (non-hydrogen) atoms. The molecule has 0 bridgehead atoms. The number of halogens is 1. The Balaban J connectivity index is 2.77. The fourth-order valence-electron chi connectivity index (χ4n) is 1.57. The van der Waals surface area contributed by atoms with Gasteiger partial charge in [0.2, 0.25) is 0 Å². The largest absolute Gasteiger partial charge is 0.496 e. The molecule has 0 aromatic carbocycles. The number of aryl methyl sites for hydroxylation is 1. The van der Waals surface area contributed by atoms with Crippen molar-refractivity contribution >= 4 is 15.9 Å². The van der Waals surface area contributed by atoms with Gasteiger partial charge in [0.1, 0.15) is 5.75 Å². The summed E-state index contributed by atoms with van der Waals surface area (Å²) in [4.78, 5) is 4.40. The van der Waals surface area contributed by atoms with E-state index in [0.29, 0.717) is 6.54 Å². The van der Waals surface area contributed by atoms with E-state index in [0.717, 1.165) is 33.6 Å². The highest BCUT2D eigenvalue weighted by Gasteiger charge is 2.08. The summed E-state index contributed by atoms with van der Waals surface area (Å²) < 4.78 is 6.28. The zero-order valence-corrected chi connectivity index (χ0v) is 11.5. The first kappa shape index (κ1) is 13.2. The summed E-state index contributed by atoms with van der Waals surface area (Å²) in [6.07, 6.45) is 1.84. The normalized spacial score (nSPS) is 10.2. The Morgan fingerprint density at radius 1 is 1.56 bits per heavy atom. The van der Waals surface area contributed by atoms with Gasteiger partial charge in [-0.25, -0.2) is 0 Å². The van der Waals surface area contributed by atoms with Crippen LogP contribution < -0.4 is 10.1 Å². The molecule has 1 aromatic rings. The van der Waals surface area contributed by atoms with Crippen molar-refractivity contribution in [1.29, 1.82) is 0 Å². The Bertz CT molecular complexity index is 391. The van der Waals surface area contributed by atoms with Crippen LogP contribution >= 0.6 is 15.9 Å². The van der Waals surface area contributed by atoms with E-state index >= 15 is 0 Å². The van der Waals surface area contributed by atoms with E-state index in [4.69, 9.17) is 4.74 Å². The Hall–Kier alpha value is -0.870. The first-order chi connectivity index (χ1) is 7.56. The van der Waals surface area contributed by atoms with Gasteiger partial charge in [-0.05, 0) is 13.8 Å². The lowest BCUT2D eigenvalue weighted by molar-refractivity contribution is 0.406. The molecule has 3 nitrogen and oxygen atoms in total. The molecule has 1 aromatic heterocycles. The second-order valence-electron chi connectivity index (χ2n) is 3.67. The Kier molecular flexibility index (Phi) is 4.96. The molecule has 0 unspecified atom stereocenters. The van der Waals surface area contributed by atoms with Gasteiger partial charge in [0.15, 0.2) is 0 Å². The summed E-state index contributed by atoms with van der Waals surface area (Å²) in [5.41, 5.74) is 3.17. The van der Waals surface area contributed by atoms with Crippen molar-refractivity contribution in [3.05, 3.63) is 34.1 Å². The van der Waals surface area contributed by atoms with Gasteiger partial charge >= 0.3 is 0 Å². The number of pyridine rings is 1. The third-order valence-electron chi connectivity index (χ3n) is 2.36. The Morgan fingerprint density at radius 3 is 2.81 bits per heavy atom. The molecule has 4 heteroatoms. The molecule has 0 radical (unpaired) electrons. The Morgan fingerprint density at radius 2 is 2.25 bits per heavy atom. The number of ether oxygens (including phenoxy) is 1. The van der Waals surface area contributed by atoms with E-state index in [1.54, 1.807) is 7.11 Å². The van der Waals surface area contributed by atoms with E-state index in [1.165, 1.54) is 0 Å². The molecule has 88 valence electrons. The van der Waals surface area contributed by atoms with Crippen LogP contribution in [0.15, 0.2) is 17.3 Å². The van der Waals surface area contributed by atoms with E-state index in [2.05, 4.69) is 32.8 Å². The van der Waals surface area contributed by atoms with Crippen LogP contribution in [0.5, 0.6) is 5.75 Å². The minimum atomic E-state index is 0.715. The third kappa shape index (κ3) is 3.32. The molecule has 0 amide bonds. The molecule has 1 heterocycles. The average Bonchev–Trinajstić information content (AvgIpc) is 2.22. The van der Waals surface area contributed by atoms with E-state index in [-0.39, 0.29) is 0 Å². The zero-order valence-electron chi connectivity index (χ0n) is 9.93. The van der Waals surface area contributed by atoms with Gasteiger partial charge in [0.05, 0.1) is 12.8 Å². The highest BCUT2D eigenvalue weighted by molar-refractivity contribution is 9.11. The van der Waals surface area contributed by atoms with Crippen molar-refractivity contribution in [3.63, 3.8) is 0 Å². The highest BCUT2D eigenvalue weighted by Crippen LogP contribution is 2.23. The van der Waals surface area contributed by atoms with Gasteiger partial charge in [0.25, 0.3) is 0 Å². The summed E-state index contributed by atoms with van der Waals surface area (Å²) >= 11 is 3.30. The summed E-state index contributed by atoms with van der Waals surface area (Å²) in [7, 11) is 1.69. The topological polar surface area (TPSA) is 34.2 Å². The van der Waals surface area contributed by atoms with Crippen molar-refractivity contribution < 1.29 is 4.74 Å². The minimum absolute atomic E-state index is 0.715. The first-order valence-corrected chi connectivity index (χ1v) is 5.88. The van der Waals surface area contributed by atoms with Crippen molar-refractivity contribution in [3.8, 4) is 5.75 Å². The lowest BCUT2D eigenvalue weighted by Crippen LogP contribution is -2.16. The minimum Gasteiger partial charge on any atom is -0.496 e. The summed E-state index contributed by atoms with van der Waals surface area (Å²) in [5.74, 6) is 0.921. The quantitative estimate of drug-likeness (QED) is 0.903. The fourth-order valence-corrected chi connectivity index (χ4v) is 1.76. The van der Waals surface area contributed by atoms with Gasteiger partial charge in [-0.15, -0.1) is 0 Å². The summed E-state index contributed by atoms with van der Waals surface area (Å²) in [6.45, 7) is 9.24. The molecule has 0 aliphatic carbocycles. The molecule has 1 N–H and O–H groups in total.